The Labute approximate surface area is 131 Å². The summed E-state index contributed by atoms with van der Waals surface area (Å²) in [7, 11) is 0. The average Bonchev–Trinajstić information content (AvgIpc) is 2.49. The Morgan fingerprint density at radius 3 is 2.41 bits per heavy atom. The van der Waals surface area contributed by atoms with Gasteiger partial charge in [-0.15, -0.1) is 0 Å². The van der Waals surface area contributed by atoms with E-state index in [-0.39, 0.29) is 6.03 Å². The molecule has 22 heavy (non-hydrogen) atoms. The minimum absolute atomic E-state index is 0.284. The fourth-order valence-electron chi connectivity index (χ4n) is 1.88. The summed E-state index contributed by atoms with van der Waals surface area (Å²) in [6.07, 6.45) is 2.74. The standard InChI is InChI=1S/C17H22N4O/c1-13(2)10-11-18-16-9-8-15(12-19-16)21-17(22)20-14-6-4-3-5-7-14/h3-9,12-13H,10-11H2,1-2H3,(H,18,19)(H2,20,21,22). The second-order valence-electron chi connectivity index (χ2n) is 5.49. The smallest absolute Gasteiger partial charge is 0.323 e. The number of carbonyl (C=O) groups excluding carboxylic acids is 1. The number of rotatable bonds is 6. The minimum Gasteiger partial charge on any atom is -0.370 e. The fraction of sp³-hybridized carbons (Fsp3) is 0.294. The summed E-state index contributed by atoms with van der Waals surface area (Å²) >= 11 is 0. The van der Waals surface area contributed by atoms with Crippen LogP contribution in [0.15, 0.2) is 48.7 Å². The molecule has 3 N–H and O–H groups in total. The maximum atomic E-state index is 11.8. The molecule has 0 atom stereocenters. The molecule has 0 saturated carbocycles. The van der Waals surface area contributed by atoms with E-state index in [9.17, 15) is 4.79 Å². The van der Waals surface area contributed by atoms with Crippen molar-refractivity contribution < 1.29 is 4.79 Å². The number of hydrogen-bond donors (Lipinski definition) is 3. The molecule has 0 bridgehead atoms. The van der Waals surface area contributed by atoms with Crippen molar-refractivity contribution in [3.8, 4) is 0 Å². The quantitative estimate of drug-likeness (QED) is 0.749. The maximum absolute atomic E-state index is 11.8. The lowest BCUT2D eigenvalue weighted by molar-refractivity contribution is 0.262. The highest BCUT2D eigenvalue weighted by Crippen LogP contribution is 2.11. The van der Waals surface area contributed by atoms with E-state index in [2.05, 4.69) is 34.8 Å². The van der Waals surface area contributed by atoms with Gasteiger partial charge >= 0.3 is 6.03 Å². The number of para-hydroxylation sites is 1. The van der Waals surface area contributed by atoms with Crippen LogP contribution in [0.3, 0.4) is 0 Å². The van der Waals surface area contributed by atoms with E-state index in [1.807, 2.05) is 42.5 Å². The van der Waals surface area contributed by atoms with Gasteiger partial charge < -0.3 is 16.0 Å². The Morgan fingerprint density at radius 1 is 1.05 bits per heavy atom. The minimum atomic E-state index is -0.284. The highest BCUT2D eigenvalue weighted by molar-refractivity contribution is 5.99. The maximum Gasteiger partial charge on any atom is 0.323 e. The molecule has 2 amide bonds. The molecule has 1 aromatic carbocycles. The van der Waals surface area contributed by atoms with Crippen molar-refractivity contribution in [1.29, 1.82) is 0 Å². The van der Waals surface area contributed by atoms with Gasteiger partial charge in [-0.3, -0.25) is 0 Å². The van der Waals surface area contributed by atoms with Crippen LogP contribution in [-0.2, 0) is 0 Å². The Balaban J connectivity index is 1.82. The van der Waals surface area contributed by atoms with Crippen LogP contribution in [0.25, 0.3) is 0 Å². The average molecular weight is 298 g/mol. The molecule has 0 radical (unpaired) electrons. The first-order valence-electron chi connectivity index (χ1n) is 7.46. The normalized spacial score (nSPS) is 10.3. The third-order valence-electron chi connectivity index (χ3n) is 3.08. The van der Waals surface area contributed by atoms with E-state index in [4.69, 9.17) is 0 Å². The van der Waals surface area contributed by atoms with Crippen molar-refractivity contribution >= 4 is 23.2 Å². The number of pyridine rings is 1. The van der Waals surface area contributed by atoms with Gasteiger partial charge in [0, 0.05) is 12.2 Å². The summed E-state index contributed by atoms with van der Waals surface area (Å²) in [4.78, 5) is 16.1. The summed E-state index contributed by atoms with van der Waals surface area (Å²) < 4.78 is 0. The fourth-order valence-corrected chi connectivity index (χ4v) is 1.88. The molecule has 2 aromatic rings. The van der Waals surface area contributed by atoms with Gasteiger partial charge in [0.2, 0.25) is 0 Å². The van der Waals surface area contributed by atoms with Gasteiger partial charge in [0.25, 0.3) is 0 Å². The van der Waals surface area contributed by atoms with Crippen molar-refractivity contribution in [2.45, 2.75) is 20.3 Å². The van der Waals surface area contributed by atoms with E-state index in [1.165, 1.54) is 0 Å². The van der Waals surface area contributed by atoms with E-state index < -0.39 is 0 Å². The van der Waals surface area contributed by atoms with E-state index in [0.29, 0.717) is 11.6 Å². The molecule has 0 unspecified atom stereocenters. The van der Waals surface area contributed by atoms with Gasteiger partial charge in [-0.05, 0) is 36.6 Å². The molecule has 0 aliphatic rings. The van der Waals surface area contributed by atoms with Gasteiger partial charge in [0.15, 0.2) is 0 Å². The third kappa shape index (κ3) is 5.44. The van der Waals surface area contributed by atoms with Crippen molar-refractivity contribution in [3.63, 3.8) is 0 Å². The summed E-state index contributed by atoms with van der Waals surface area (Å²) in [5, 5.41) is 8.77. The van der Waals surface area contributed by atoms with Gasteiger partial charge in [-0.2, -0.15) is 0 Å². The number of nitrogens with one attached hydrogen (secondary N) is 3. The number of urea groups is 1. The van der Waals surface area contributed by atoms with Gasteiger partial charge in [0.05, 0.1) is 11.9 Å². The van der Waals surface area contributed by atoms with Gasteiger partial charge in [-0.1, -0.05) is 32.0 Å². The molecule has 0 spiro atoms. The van der Waals surface area contributed by atoms with Crippen molar-refractivity contribution in [2.24, 2.45) is 5.92 Å². The number of carbonyl (C=O) groups is 1. The molecule has 5 heteroatoms. The Hall–Kier alpha value is -2.56. The summed E-state index contributed by atoms with van der Waals surface area (Å²) in [6.45, 7) is 5.27. The van der Waals surface area contributed by atoms with E-state index in [1.54, 1.807) is 6.20 Å². The van der Waals surface area contributed by atoms with Crippen LogP contribution >= 0.6 is 0 Å². The summed E-state index contributed by atoms with van der Waals surface area (Å²) in [5.74, 6) is 1.48. The molecule has 0 aliphatic carbocycles. The largest absolute Gasteiger partial charge is 0.370 e. The highest BCUT2D eigenvalue weighted by Gasteiger charge is 2.03. The molecular weight excluding hydrogens is 276 g/mol. The van der Waals surface area contributed by atoms with Gasteiger partial charge in [-0.25, -0.2) is 9.78 Å². The molecule has 1 heterocycles. The number of nitrogens with zero attached hydrogens (tertiary/aromatic N) is 1. The first kappa shape index (κ1) is 15.8. The zero-order valence-electron chi connectivity index (χ0n) is 13.0. The third-order valence-corrected chi connectivity index (χ3v) is 3.08. The lowest BCUT2D eigenvalue weighted by Gasteiger charge is -2.09. The Morgan fingerprint density at radius 2 is 1.77 bits per heavy atom. The van der Waals surface area contributed by atoms with Gasteiger partial charge in [0.1, 0.15) is 5.82 Å². The molecule has 0 aliphatic heterocycles. The molecule has 5 nitrogen and oxygen atoms in total. The monoisotopic (exact) mass is 298 g/mol. The van der Waals surface area contributed by atoms with Crippen molar-refractivity contribution in [3.05, 3.63) is 48.7 Å². The molecule has 116 valence electrons. The van der Waals surface area contributed by atoms with Crippen LogP contribution in [0.4, 0.5) is 22.0 Å². The van der Waals surface area contributed by atoms with Crippen LogP contribution in [0.1, 0.15) is 20.3 Å². The number of hydrogen-bond acceptors (Lipinski definition) is 3. The van der Waals surface area contributed by atoms with Crippen molar-refractivity contribution in [2.75, 3.05) is 22.5 Å². The lowest BCUT2D eigenvalue weighted by atomic mass is 10.1. The SMILES string of the molecule is CC(C)CCNc1ccc(NC(=O)Nc2ccccc2)cn1. The van der Waals surface area contributed by atoms with Crippen molar-refractivity contribution in [1.82, 2.24) is 4.98 Å². The first-order valence-corrected chi connectivity index (χ1v) is 7.46. The molecule has 1 aromatic heterocycles. The molecule has 0 fully saturated rings. The predicted molar refractivity (Wildman–Crippen MR) is 91.3 cm³/mol. The summed E-state index contributed by atoms with van der Waals surface area (Å²) in [5.41, 5.74) is 1.41. The number of benzene rings is 1. The second kappa shape index (κ2) is 8.02. The van der Waals surface area contributed by atoms with Crippen LogP contribution in [0, 0.1) is 5.92 Å². The number of aromatic nitrogens is 1. The first-order chi connectivity index (χ1) is 10.6. The van der Waals surface area contributed by atoms with E-state index in [0.717, 1.165) is 24.5 Å². The second-order valence-corrected chi connectivity index (χ2v) is 5.49. The zero-order chi connectivity index (χ0) is 15.8. The molecule has 2 rings (SSSR count). The van der Waals surface area contributed by atoms with Crippen LogP contribution < -0.4 is 16.0 Å². The Bertz CT molecular complexity index is 581. The van der Waals surface area contributed by atoms with Crippen LogP contribution in [0.5, 0.6) is 0 Å². The zero-order valence-corrected chi connectivity index (χ0v) is 13.0. The Kier molecular flexibility index (Phi) is 5.77. The number of anilines is 3. The summed E-state index contributed by atoms with van der Waals surface area (Å²) in [6, 6.07) is 12.7. The van der Waals surface area contributed by atoms with Crippen LogP contribution in [-0.4, -0.2) is 17.6 Å². The number of amides is 2. The van der Waals surface area contributed by atoms with Crippen LogP contribution in [0.2, 0.25) is 0 Å². The topological polar surface area (TPSA) is 66.0 Å². The predicted octanol–water partition coefficient (Wildman–Crippen LogP) is 4.18. The molecular formula is C17H22N4O. The molecule has 0 saturated heterocycles. The highest BCUT2D eigenvalue weighted by atomic mass is 16.2. The van der Waals surface area contributed by atoms with E-state index >= 15 is 0 Å². The lowest BCUT2D eigenvalue weighted by Crippen LogP contribution is -2.19.